The maximum absolute atomic E-state index is 12.8. The zero-order valence-corrected chi connectivity index (χ0v) is 16.7. The molecule has 1 aliphatic heterocycles. The van der Waals surface area contributed by atoms with E-state index in [2.05, 4.69) is 19.2 Å². The molecule has 27 heavy (non-hydrogen) atoms. The molecular weight excluding hydrogens is 360 g/mol. The molecule has 0 bridgehead atoms. The van der Waals surface area contributed by atoms with Gasteiger partial charge in [-0.2, -0.15) is 0 Å². The maximum atomic E-state index is 12.8. The van der Waals surface area contributed by atoms with Gasteiger partial charge in [0.05, 0.1) is 5.92 Å². The van der Waals surface area contributed by atoms with Crippen molar-refractivity contribution in [3.8, 4) is 0 Å². The van der Waals surface area contributed by atoms with Gasteiger partial charge in [-0.25, -0.2) is 0 Å². The first-order chi connectivity index (χ1) is 12.9. The summed E-state index contributed by atoms with van der Waals surface area (Å²) in [5.74, 6) is -0.175. The molecule has 1 N–H and O–H groups in total. The molecule has 1 heterocycles. The van der Waals surface area contributed by atoms with Crippen LogP contribution >= 0.6 is 11.6 Å². The molecule has 4 nitrogen and oxygen atoms in total. The zero-order chi connectivity index (χ0) is 19.6. The van der Waals surface area contributed by atoms with Gasteiger partial charge in [0.1, 0.15) is 0 Å². The quantitative estimate of drug-likeness (QED) is 0.774. The molecule has 0 spiro atoms. The van der Waals surface area contributed by atoms with Crippen LogP contribution in [0.4, 0.5) is 11.4 Å². The van der Waals surface area contributed by atoms with E-state index < -0.39 is 0 Å². The molecule has 0 saturated carbocycles. The third-order valence-electron chi connectivity index (χ3n) is 5.32. The van der Waals surface area contributed by atoms with Crippen molar-refractivity contribution in [3.63, 3.8) is 0 Å². The number of rotatable bonds is 5. The summed E-state index contributed by atoms with van der Waals surface area (Å²) in [6, 6.07) is 13.4. The summed E-state index contributed by atoms with van der Waals surface area (Å²) in [4.78, 5) is 26.9. The second kappa shape index (κ2) is 8.13. The van der Waals surface area contributed by atoms with Gasteiger partial charge in [0.25, 0.3) is 0 Å². The predicted octanol–water partition coefficient (Wildman–Crippen LogP) is 5.15. The molecule has 5 heteroatoms. The van der Waals surface area contributed by atoms with Gasteiger partial charge in [0.2, 0.25) is 11.8 Å². The van der Waals surface area contributed by atoms with Crippen LogP contribution in [-0.2, 0) is 9.59 Å². The fourth-order valence-corrected chi connectivity index (χ4v) is 3.55. The van der Waals surface area contributed by atoms with Gasteiger partial charge in [0, 0.05) is 29.4 Å². The summed E-state index contributed by atoms with van der Waals surface area (Å²) < 4.78 is 0. The van der Waals surface area contributed by atoms with Gasteiger partial charge in [0.15, 0.2) is 0 Å². The van der Waals surface area contributed by atoms with Crippen LogP contribution in [0, 0.1) is 12.8 Å². The number of aryl methyl sites for hydroxylation is 1. The summed E-state index contributed by atoms with van der Waals surface area (Å²) in [5, 5.41) is 3.66. The minimum Gasteiger partial charge on any atom is -0.326 e. The number of hydrogen-bond acceptors (Lipinski definition) is 2. The highest BCUT2D eigenvalue weighted by Crippen LogP contribution is 2.31. The Morgan fingerprint density at radius 1 is 1.30 bits per heavy atom. The van der Waals surface area contributed by atoms with E-state index >= 15 is 0 Å². The molecule has 2 unspecified atom stereocenters. The summed E-state index contributed by atoms with van der Waals surface area (Å²) in [6.07, 6.45) is 1.21. The van der Waals surface area contributed by atoms with E-state index in [1.165, 1.54) is 0 Å². The first-order valence-electron chi connectivity index (χ1n) is 9.37. The molecule has 1 fully saturated rings. The number of carbonyl (C=O) groups is 2. The maximum Gasteiger partial charge on any atom is 0.229 e. The fraction of sp³-hybridized carbons (Fsp3) is 0.364. The number of halogens is 1. The van der Waals surface area contributed by atoms with E-state index in [-0.39, 0.29) is 24.2 Å². The summed E-state index contributed by atoms with van der Waals surface area (Å²) in [7, 11) is 0. The molecule has 0 aromatic heterocycles. The number of nitrogens with zero attached hydrogens (tertiary/aromatic N) is 1. The minimum atomic E-state index is -0.373. The predicted molar refractivity (Wildman–Crippen MR) is 110 cm³/mol. The Hall–Kier alpha value is -2.33. The molecule has 2 atom stereocenters. The fourth-order valence-electron chi connectivity index (χ4n) is 3.38. The van der Waals surface area contributed by atoms with Gasteiger partial charge < -0.3 is 10.2 Å². The third kappa shape index (κ3) is 4.16. The van der Waals surface area contributed by atoms with Crippen LogP contribution in [0.3, 0.4) is 0 Å². The Kier molecular flexibility index (Phi) is 5.85. The number of carbonyl (C=O) groups excluding carboxylic acids is 2. The Labute approximate surface area is 165 Å². The van der Waals surface area contributed by atoms with Crippen molar-refractivity contribution >= 4 is 34.8 Å². The Morgan fingerprint density at radius 3 is 2.74 bits per heavy atom. The van der Waals surface area contributed by atoms with Crippen molar-refractivity contribution < 1.29 is 9.59 Å². The van der Waals surface area contributed by atoms with Crippen LogP contribution in [0.25, 0.3) is 0 Å². The zero-order valence-electron chi connectivity index (χ0n) is 16.0. The van der Waals surface area contributed by atoms with Crippen LogP contribution in [0.15, 0.2) is 42.5 Å². The molecule has 0 aliphatic carbocycles. The van der Waals surface area contributed by atoms with E-state index in [9.17, 15) is 9.59 Å². The first-order valence-corrected chi connectivity index (χ1v) is 9.74. The molecule has 142 valence electrons. The van der Waals surface area contributed by atoms with Crippen LogP contribution in [-0.4, -0.2) is 18.4 Å². The smallest absolute Gasteiger partial charge is 0.229 e. The highest BCUT2D eigenvalue weighted by Gasteiger charge is 2.35. The van der Waals surface area contributed by atoms with Gasteiger partial charge in [-0.05, 0) is 48.6 Å². The van der Waals surface area contributed by atoms with Crippen molar-refractivity contribution in [1.82, 2.24) is 0 Å². The third-order valence-corrected chi connectivity index (χ3v) is 5.73. The lowest BCUT2D eigenvalue weighted by Crippen LogP contribution is -2.28. The summed E-state index contributed by atoms with van der Waals surface area (Å²) in [5.41, 5.74) is 3.66. The Bertz CT molecular complexity index is 865. The van der Waals surface area contributed by atoms with Crippen LogP contribution < -0.4 is 10.2 Å². The normalized spacial score (nSPS) is 17.9. The largest absolute Gasteiger partial charge is 0.326 e. The lowest BCUT2D eigenvalue weighted by atomic mass is 9.96. The van der Waals surface area contributed by atoms with Crippen LogP contribution in [0.1, 0.15) is 43.7 Å². The molecule has 2 amide bonds. The number of benzene rings is 2. The van der Waals surface area contributed by atoms with E-state index in [0.29, 0.717) is 17.5 Å². The van der Waals surface area contributed by atoms with Crippen molar-refractivity contribution in [2.24, 2.45) is 5.92 Å². The van der Waals surface area contributed by atoms with E-state index in [1.54, 1.807) is 11.0 Å². The molecule has 1 saturated heterocycles. The average molecular weight is 385 g/mol. The second-order valence-corrected chi connectivity index (χ2v) is 7.63. The molecular formula is C22H25ClN2O2. The lowest BCUT2D eigenvalue weighted by Gasteiger charge is -2.19. The number of hydrogen-bond donors (Lipinski definition) is 1. The first kappa shape index (κ1) is 19.4. The molecule has 3 rings (SSSR count). The van der Waals surface area contributed by atoms with Gasteiger partial charge in [-0.1, -0.05) is 49.7 Å². The summed E-state index contributed by atoms with van der Waals surface area (Å²) in [6.45, 7) is 6.56. The lowest BCUT2D eigenvalue weighted by molar-refractivity contribution is -0.122. The van der Waals surface area contributed by atoms with Gasteiger partial charge >= 0.3 is 0 Å². The monoisotopic (exact) mass is 384 g/mol. The molecule has 1 aliphatic rings. The number of para-hydroxylation sites is 1. The topological polar surface area (TPSA) is 49.4 Å². The highest BCUT2D eigenvalue weighted by atomic mass is 35.5. The molecule has 2 aromatic carbocycles. The SMILES string of the molecule is CCC(C)c1ccccc1NC(=O)C1CC(=O)N(c2ccc(C)c(Cl)c2)C1. The Morgan fingerprint density at radius 2 is 2.04 bits per heavy atom. The van der Waals surface area contributed by atoms with Crippen molar-refractivity contribution in [2.75, 3.05) is 16.8 Å². The number of anilines is 2. The molecule has 2 aromatic rings. The standard InChI is InChI=1S/C22H25ClN2O2/c1-4-14(2)18-7-5-6-8-20(18)24-22(27)16-11-21(26)25(13-16)17-10-9-15(3)19(23)12-17/h5-10,12,14,16H,4,11,13H2,1-3H3,(H,24,27). The number of amides is 2. The number of nitrogens with one attached hydrogen (secondary N) is 1. The van der Waals surface area contributed by atoms with Crippen LogP contribution in [0.2, 0.25) is 5.02 Å². The van der Waals surface area contributed by atoms with E-state index in [0.717, 1.165) is 28.9 Å². The Balaban J connectivity index is 1.74. The van der Waals surface area contributed by atoms with Crippen molar-refractivity contribution in [1.29, 1.82) is 0 Å². The van der Waals surface area contributed by atoms with Gasteiger partial charge in [-0.15, -0.1) is 0 Å². The van der Waals surface area contributed by atoms with Crippen molar-refractivity contribution in [3.05, 3.63) is 58.6 Å². The van der Waals surface area contributed by atoms with Crippen molar-refractivity contribution in [2.45, 2.75) is 39.5 Å². The second-order valence-electron chi connectivity index (χ2n) is 7.22. The van der Waals surface area contributed by atoms with Gasteiger partial charge in [-0.3, -0.25) is 9.59 Å². The van der Waals surface area contributed by atoms with Crippen LogP contribution in [0.5, 0.6) is 0 Å². The van der Waals surface area contributed by atoms with E-state index in [1.807, 2.05) is 43.3 Å². The molecule has 0 radical (unpaired) electrons. The summed E-state index contributed by atoms with van der Waals surface area (Å²) >= 11 is 6.19. The highest BCUT2D eigenvalue weighted by molar-refractivity contribution is 6.31. The average Bonchev–Trinajstić information content (AvgIpc) is 3.05. The van der Waals surface area contributed by atoms with E-state index in [4.69, 9.17) is 11.6 Å². The minimum absolute atomic E-state index is 0.0507.